The minimum atomic E-state index is -0.340. The van der Waals surface area contributed by atoms with Gasteiger partial charge >= 0.3 is 0 Å². The summed E-state index contributed by atoms with van der Waals surface area (Å²) in [5.74, 6) is 4.68. The van der Waals surface area contributed by atoms with E-state index in [0.29, 0.717) is 12.2 Å². The molecular formula is C20H20FN3O. The number of aryl methyl sites for hydroxylation is 2. The fourth-order valence-electron chi connectivity index (χ4n) is 2.88. The van der Waals surface area contributed by atoms with Crippen LogP contribution < -0.4 is 11.3 Å². The van der Waals surface area contributed by atoms with Crippen molar-refractivity contribution in [3.05, 3.63) is 95.1 Å². The van der Waals surface area contributed by atoms with Gasteiger partial charge in [0.1, 0.15) is 11.5 Å². The monoisotopic (exact) mass is 337 g/mol. The minimum absolute atomic E-state index is 0.277. The van der Waals surface area contributed by atoms with E-state index in [-0.39, 0.29) is 11.7 Å². The summed E-state index contributed by atoms with van der Waals surface area (Å²) in [7, 11) is 0. The number of aromatic nitrogens is 1. The highest BCUT2D eigenvalue weighted by Gasteiger charge is 2.14. The number of nitrogen functional groups attached to an aromatic ring is 1. The molecule has 0 aliphatic rings. The summed E-state index contributed by atoms with van der Waals surface area (Å²) < 4.78 is 15.1. The van der Waals surface area contributed by atoms with Crippen molar-refractivity contribution in [3.8, 4) is 0 Å². The highest BCUT2D eigenvalue weighted by Crippen LogP contribution is 2.16. The molecule has 0 saturated carbocycles. The quantitative estimate of drug-likeness (QED) is 0.413. The topological polar surface area (TPSA) is 60.0 Å². The zero-order valence-corrected chi connectivity index (χ0v) is 13.8. The summed E-state index contributed by atoms with van der Waals surface area (Å²) in [4.78, 5) is 12.0. The average molecular weight is 337 g/mol. The Hall–Kier alpha value is -2.92. The first-order valence-electron chi connectivity index (χ1n) is 8.15. The maximum absolute atomic E-state index is 13.1. The van der Waals surface area contributed by atoms with Crippen LogP contribution in [0, 0.1) is 5.82 Å². The van der Waals surface area contributed by atoms with Crippen LogP contribution in [0.2, 0.25) is 0 Å². The maximum atomic E-state index is 13.1. The molecule has 3 rings (SSSR count). The van der Waals surface area contributed by atoms with Gasteiger partial charge in [0.2, 0.25) is 0 Å². The Morgan fingerprint density at radius 2 is 1.64 bits per heavy atom. The predicted octanol–water partition coefficient (Wildman–Crippen LogP) is 3.06. The number of carbonyl (C=O) groups excluding carboxylic acids is 1. The Balaban J connectivity index is 1.85. The van der Waals surface area contributed by atoms with Gasteiger partial charge in [-0.05, 0) is 48.2 Å². The molecule has 1 aromatic heterocycles. The number of rotatable bonds is 6. The first-order chi connectivity index (χ1) is 12.2. The molecule has 2 aromatic carbocycles. The lowest BCUT2D eigenvalue weighted by atomic mass is 10.1. The molecule has 5 heteroatoms. The van der Waals surface area contributed by atoms with Crippen LogP contribution in [0.4, 0.5) is 4.39 Å². The highest BCUT2D eigenvalue weighted by atomic mass is 19.1. The number of carbonyl (C=O) groups is 1. The third-order valence-electron chi connectivity index (χ3n) is 4.20. The molecule has 1 heterocycles. The first kappa shape index (κ1) is 16.9. The normalized spacial score (nSPS) is 10.6. The van der Waals surface area contributed by atoms with Gasteiger partial charge in [-0.1, -0.05) is 42.5 Å². The van der Waals surface area contributed by atoms with Crippen molar-refractivity contribution in [2.75, 3.05) is 0 Å². The average Bonchev–Trinajstić information content (AvgIpc) is 3.04. The maximum Gasteiger partial charge on any atom is 0.281 e. The largest absolute Gasteiger partial charge is 0.336 e. The van der Waals surface area contributed by atoms with Crippen LogP contribution in [0.3, 0.4) is 0 Å². The second kappa shape index (κ2) is 7.77. The van der Waals surface area contributed by atoms with E-state index >= 15 is 0 Å². The van der Waals surface area contributed by atoms with Gasteiger partial charge in [-0.3, -0.25) is 10.2 Å². The first-order valence-corrected chi connectivity index (χ1v) is 8.15. The molecule has 1 amide bonds. The molecule has 0 saturated heterocycles. The van der Waals surface area contributed by atoms with Crippen LogP contribution >= 0.6 is 0 Å². The molecular weight excluding hydrogens is 317 g/mol. The Morgan fingerprint density at radius 1 is 0.920 bits per heavy atom. The fourth-order valence-corrected chi connectivity index (χ4v) is 2.88. The van der Waals surface area contributed by atoms with Crippen LogP contribution in [-0.4, -0.2) is 10.5 Å². The summed E-state index contributed by atoms with van der Waals surface area (Å²) in [6.07, 6.45) is 1.67. The van der Waals surface area contributed by atoms with E-state index in [1.165, 1.54) is 17.7 Å². The Labute approximate surface area is 146 Å². The molecule has 3 N–H and O–H groups in total. The minimum Gasteiger partial charge on any atom is -0.336 e. The molecule has 0 fully saturated rings. The lowest BCUT2D eigenvalue weighted by Crippen LogP contribution is -2.32. The van der Waals surface area contributed by atoms with Crippen molar-refractivity contribution in [1.82, 2.24) is 9.99 Å². The van der Waals surface area contributed by atoms with Gasteiger partial charge in [0, 0.05) is 12.2 Å². The van der Waals surface area contributed by atoms with Gasteiger partial charge in [-0.15, -0.1) is 0 Å². The van der Waals surface area contributed by atoms with E-state index in [0.717, 1.165) is 24.1 Å². The number of hydrogen-bond acceptors (Lipinski definition) is 2. The number of benzene rings is 2. The zero-order valence-electron chi connectivity index (χ0n) is 13.8. The fraction of sp³-hybridized carbons (Fsp3) is 0.150. The van der Waals surface area contributed by atoms with Crippen molar-refractivity contribution in [3.63, 3.8) is 0 Å². The smallest absolute Gasteiger partial charge is 0.281 e. The Kier molecular flexibility index (Phi) is 5.26. The molecule has 0 radical (unpaired) electrons. The van der Waals surface area contributed by atoms with E-state index in [9.17, 15) is 9.18 Å². The van der Waals surface area contributed by atoms with E-state index < -0.39 is 0 Å². The lowest BCUT2D eigenvalue weighted by molar-refractivity contribution is 0.0944. The number of hydrogen-bond donors (Lipinski definition) is 2. The molecule has 4 nitrogen and oxygen atoms in total. The number of hydrazine groups is 1. The number of nitrogens with two attached hydrogens (primary N) is 1. The standard InChI is InChI=1S/C20H20FN3O/c21-17-9-6-16(7-10-17)14-24-18(12-13-19(24)20(25)23-22)11-8-15-4-2-1-3-5-15/h1-7,9-10,12-13H,8,11,14,22H2,(H,23,25). The van der Waals surface area contributed by atoms with Crippen LogP contribution in [0.25, 0.3) is 0 Å². The highest BCUT2D eigenvalue weighted by molar-refractivity contribution is 5.92. The van der Waals surface area contributed by atoms with E-state index in [2.05, 4.69) is 17.6 Å². The number of nitrogens with zero attached hydrogens (tertiary/aromatic N) is 1. The second-order valence-electron chi connectivity index (χ2n) is 5.88. The lowest BCUT2D eigenvalue weighted by Gasteiger charge is -2.13. The second-order valence-corrected chi connectivity index (χ2v) is 5.88. The molecule has 0 atom stereocenters. The van der Waals surface area contributed by atoms with Crippen molar-refractivity contribution in [2.45, 2.75) is 19.4 Å². The van der Waals surface area contributed by atoms with Crippen LogP contribution in [0.5, 0.6) is 0 Å². The third kappa shape index (κ3) is 4.14. The van der Waals surface area contributed by atoms with Gasteiger partial charge in [-0.25, -0.2) is 10.2 Å². The van der Waals surface area contributed by atoms with Crippen molar-refractivity contribution in [1.29, 1.82) is 0 Å². The van der Waals surface area contributed by atoms with Gasteiger partial charge < -0.3 is 4.57 Å². The summed E-state index contributed by atoms with van der Waals surface area (Å²) in [5, 5.41) is 0. The Bertz CT molecular complexity index is 841. The molecule has 0 unspecified atom stereocenters. The molecule has 128 valence electrons. The van der Waals surface area contributed by atoms with Crippen LogP contribution in [0.15, 0.2) is 66.7 Å². The van der Waals surface area contributed by atoms with Crippen molar-refractivity contribution in [2.24, 2.45) is 5.84 Å². The SMILES string of the molecule is NNC(=O)c1ccc(CCc2ccccc2)n1Cc1ccc(F)cc1. The number of amides is 1. The van der Waals surface area contributed by atoms with E-state index in [1.54, 1.807) is 18.2 Å². The van der Waals surface area contributed by atoms with Crippen LogP contribution in [-0.2, 0) is 19.4 Å². The van der Waals surface area contributed by atoms with Crippen molar-refractivity contribution < 1.29 is 9.18 Å². The molecule has 0 aliphatic heterocycles. The number of halogens is 1. The predicted molar refractivity (Wildman–Crippen MR) is 95.4 cm³/mol. The Morgan fingerprint density at radius 3 is 2.32 bits per heavy atom. The van der Waals surface area contributed by atoms with Gasteiger partial charge in [-0.2, -0.15) is 0 Å². The van der Waals surface area contributed by atoms with Gasteiger partial charge in [0.15, 0.2) is 0 Å². The number of nitrogens with one attached hydrogen (secondary N) is 1. The molecule has 25 heavy (non-hydrogen) atoms. The van der Waals surface area contributed by atoms with Crippen molar-refractivity contribution >= 4 is 5.91 Å². The summed E-state index contributed by atoms with van der Waals surface area (Å²) in [5.41, 5.74) is 5.87. The van der Waals surface area contributed by atoms with Gasteiger partial charge in [0.05, 0.1) is 0 Å². The molecule has 0 bridgehead atoms. The van der Waals surface area contributed by atoms with Gasteiger partial charge in [0.25, 0.3) is 5.91 Å². The molecule has 3 aromatic rings. The van der Waals surface area contributed by atoms with Crippen LogP contribution in [0.1, 0.15) is 27.3 Å². The summed E-state index contributed by atoms with van der Waals surface area (Å²) in [6, 6.07) is 20.2. The molecule has 0 spiro atoms. The summed E-state index contributed by atoms with van der Waals surface area (Å²) >= 11 is 0. The zero-order chi connectivity index (χ0) is 17.6. The van der Waals surface area contributed by atoms with E-state index in [1.807, 2.05) is 28.8 Å². The molecule has 0 aliphatic carbocycles. The third-order valence-corrected chi connectivity index (χ3v) is 4.20. The van der Waals surface area contributed by atoms with E-state index in [4.69, 9.17) is 5.84 Å². The summed E-state index contributed by atoms with van der Waals surface area (Å²) in [6.45, 7) is 0.486.